The lowest BCUT2D eigenvalue weighted by atomic mass is 10.1. The second kappa shape index (κ2) is 7.63. The van der Waals surface area contributed by atoms with Crippen LogP contribution in [0.5, 0.6) is 0 Å². The Labute approximate surface area is 151 Å². The third-order valence-electron chi connectivity index (χ3n) is 4.36. The lowest BCUT2D eigenvalue weighted by Gasteiger charge is -2.25. The molecule has 1 aromatic carbocycles. The van der Waals surface area contributed by atoms with E-state index in [2.05, 4.69) is 25.1 Å². The number of hydrogen-bond acceptors (Lipinski definition) is 7. The van der Waals surface area contributed by atoms with Crippen LogP contribution in [0.3, 0.4) is 0 Å². The molecular formula is C19H19N5O2. The van der Waals surface area contributed by atoms with Crippen LogP contribution in [0, 0.1) is 0 Å². The SMILES string of the molecule is O=C(Cc1ncc2ccc(-c3cccnn3)cc2n1)CN1CCOCC1. The van der Waals surface area contributed by atoms with Crippen molar-refractivity contribution in [3.8, 4) is 11.3 Å². The second-order valence-electron chi connectivity index (χ2n) is 6.27. The monoisotopic (exact) mass is 349 g/mol. The maximum Gasteiger partial charge on any atom is 0.154 e. The summed E-state index contributed by atoms with van der Waals surface area (Å²) in [5.41, 5.74) is 2.53. The normalized spacial score (nSPS) is 15.2. The van der Waals surface area contributed by atoms with Gasteiger partial charge in [0.05, 0.1) is 37.4 Å². The van der Waals surface area contributed by atoms with Gasteiger partial charge in [0.2, 0.25) is 0 Å². The van der Waals surface area contributed by atoms with E-state index in [1.807, 2.05) is 30.3 Å². The number of rotatable bonds is 5. The van der Waals surface area contributed by atoms with E-state index >= 15 is 0 Å². The molecule has 0 spiro atoms. The van der Waals surface area contributed by atoms with E-state index in [-0.39, 0.29) is 12.2 Å². The number of fused-ring (bicyclic) bond motifs is 1. The van der Waals surface area contributed by atoms with Crippen LogP contribution < -0.4 is 0 Å². The molecule has 7 heteroatoms. The fourth-order valence-corrected chi connectivity index (χ4v) is 3.00. The van der Waals surface area contributed by atoms with Crippen molar-refractivity contribution < 1.29 is 9.53 Å². The number of aromatic nitrogens is 4. The molecule has 1 aliphatic rings. The first-order valence-corrected chi connectivity index (χ1v) is 8.63. The smallest absolute Gasteiger partial charge is 0.154 e. The van der Waals surface area contributed by atoms with Gasteiger partial charge in [0.1, 0.15) is 5.82 Å². The van der Waals surface area contributed by atoms with Crippen LogP contribution in [-0.4, -0.2) is 63.7 Å². The quantitative estimate of drug-likeness (QED) is 0.691. The van der Waals surface area contributed by atoms with E-state index in [0.29, 0.717) is 25.6 Å². The summed E-state index contributed by atoms with van der Waals surface area (Å²) in [5, 5.41) is 8.97. The molecule has 1 aliphatic heterocycles. The Kier molecular flexibility index (Phi) is 4.90. The zero-order chi connectivity index (χ0) is 17.8. The van der Waals surface area contributed by atoms with Gasteiger partial charge in [0.25, 0.3) is 0 Å². The zero-order valence-corrected chi connectivity index (χ0v) is 14.3. The molecule has 0 saturated carbocycles. The molecular weight excluding hydrogens is 330 g/mol. The zero-order valence-electron chi connectivity index (χ0n) is 14.3. The van der Waals surface area contributed by atoms with Crippen LogP contribution in [0.25, 0.3) is 22.2 Å². The van der Waals surface area contributed by atoms with Gasteiger partial charge in [-0.25, -0.2) is 9.97 Å². The number of carbonyl (C=O) groups is 1. The van der Waals surface area contributed by atoms with Gasteiger partial charge in [0.15, 0.2) is 5.78 Å². The lowest BCUT2D eigenvalue weighted by Crippen LogP contribution is -2.40. The molecule has 0 unspecified atom stereocenters. The van der Waals surface area contributed by atoms with E-state index in [1.165, 1.54) is 0 Å². The summed E-state index contributed by atoms with van der Waals surface area (Å²) in [6.07, 6.45) is 3.65. The number of hydrogen-bond donors (Lipinski definition) is 0. The van der Waals surface area contributed by atoms with Gasteiger partial charge in [-0.1, -0.05) is 12.1 Å². The topological polar surface area (TPSA) is 81.1 Å². The molecule has 0 radical (unpaired) electrons. The van der Waals surface area contributed by atoms with Crippen molar-refractivity contribution in [1.29, 1.82) is 0 Å². The lowest BCUT2D eigenvalue weighted by molar-refractivity contribution is -0.120. The minimum absolute atomic E-state index is 0.122. The highest BCUT2D eigenvalue weighted by Crippen LogP contribution is 2.21. The van der Waals surface area contributed by atoms with Crippen molar-refractivity contribution in [3.05, 3.63) is 48.5 Å². The number of morpholine rings is 1. The number of ketones is 1. The molecule has 3 aromatic rings. The van der Waals surface area contributed by atoms with Crippen LogP contribution >= 0.6 is 0 Å². The minimum atomic E-state index is 0.122. The number of nitrogens with zero attached hydrogens (tertiary/aromatic N) is 5. The Morgan fingerprint density at radius 3 is 2.88 bits per heavy atom. The molecule has 1 fully saturated rings. The summed E-state index contributed by atoms with van der Waals surface area (Å²) < 4.78 is 5.31. The number of carbonyl (C=O) groups excluding carboxylic acids is 1. The second-order valence-corrected chi connectivity index (χ2v) is 6.27. The number of ether oxygens (including phenoxy) is 1. The number of Topliss-reactive ketones (excluding diaryl/α,β-unsaturated/α-hetero) is 1. The summed E-state index contributed by atoms with van der Waals surface area (Å²) in [5.74, 6) is 0.670. The van der Waals surface area contributed by atoms with Gasteiger partial charge in [-0.3, -0.25) is 9.69 Å². The van der Waals surface area contributed by atoms with Crippen LogP contribution in [0.4, 0.5) is 0 Å². The predicted molar refractivity (Wildman–Crippen MR) is 96.5 cm³/mol. The minimum Gasteiger partial charge on any atom is -0.379 e. The van der Waals surface area contributed by atoms with E-state index < -0.39 is 0 Å². The predicted octanol–water partition coefficient (Wildman–Crippen LogP) is 1.53. The van der Waals surface area contributed by atoms with Crippen molar-refractivity contribution in [2.24, 2.45) is 0 Å². The molecule has 4 rings (SSSR count). The largest absolute Gasteiger partial charge is 0.379 e. The summed E-state index contributed by atoms with van der Waals surface area (Å²) >= 11 is 0. The highest BCUT2D eigenvalue weighted by atomic mass is 16.5. The van der Waals surface area contributed by atoms with Gasteiger partial charge in [-0.05, 0) is 18.2 Å². The maximum absolute atomic E-state index is 12.3. The third-order valence-corrected chi connectivity index (χ3v) is 4.36. The molecule has 0 atom stereocenters. The van der Waals surface area contributed by atoms with Crippen molar-refractivity contribution in [2.45, 2.75) is 6.42 Å². The number of benzene rings is 1. The summed E-state index contributed by atoms with van der Waals surface area (Å²) in [4.78, 5) is 23.3. The Hall–Kier alpha value is -2.77. The Balaban J connectivity index is 1.51. The van der Waals surface area contributed by atoms with Crippen LogP contribution in [0.1, 0.15) is 5.82 Å². The molecule has 7 nitrogen and oxygen atoms in total. The average molecular weight is 349 g/mol. The molecule has 0 amide bonds. The molecule has 1 saturated heterocycles. The first-order valence-electron chi connectivity index (χ1n) is 8.63. The Morgan fingerprint density at radius 1 is 1.19 bits per heavy atom. The van der Waals surface area contributed by atoms with Gasteiger partial charge in [0, 0.05) is 36.4 Å². The van der Waals surface area contributed by atoms with Crippen molar-refractivity contribution in [1.82, 2.24) is 25.1 Å². The van der Waals surface area contributed by atoms with Gasteiger partial charge < -0.3 is 4.74 Å². The van der Waals surface area contributed by atoms with E-state index in [4.69, 9.17) is 4.74 Å². The van der Waals surface area contributed by atoms with E-state index in [9.17, 15) is 4.79 Å². The molecule has 2 aromatic heterocycles. The van der Waals surface area contributed by atoms with Gasteiger partial charge in [-0.2, -0.15) is 10.2 Å². The van der Waals surface area contributed by atoms with Crippen molar-refractivity contribution >= 4 is 16.7 Å². The van der Waals surface area contributed by atoms with Crippen molar-refractivity contribution in [3.63, 3.8) is 0 Å². The van der Waals surface area contributed by atoms with Crippen LogP contribution in [-0.2, 0) is 16.0 Å². The van der Waals surface area contributed by atoms with E-state index in [0.717, 1.165) is 35.2 Å². The highest BCUT2D eigenvalue weighted by Gasteiger charge is 2.15. The molecule has 132 valence electrons. The molecule has 0 bridgehead atoms. The summed E-state index contributed by atoms with van der Waals surface area (Å²) in [6, 6.07) is 9.64. The standard InChI is InChI=1S/C19H19N5O2/c25-16(13-24-6-8-26-9-7-24)11-19-20-12-15-4-3-14(10-18(15)22-19)17-2-1-5-21-23-17/h1-5,10,12H,6-9,11,13H2. The van der Waals surface area contributed by atoms with Crippen LogP contribution in [0.15, 0.2) is 42.7 Å². The molecule has 3 heterocycles. The molecule has 0 aliphatic carbocycles. The third kappa shape index (κ3) is 3.89. The highest BCUT2D eigenvalue weighted by molar-refractivity contribution is 5.85. The maximum atomic E-state index is 12.3. The fourth-order valence-electron chi connectivity index (χ4n) is 3.00. The van der Waals surface area contributed by atoms with E-state index in [1.54, 1.807) is 12.4 Å². The summed E-state index contributed by atoms with van der Waals surface area (Å²) in [7, 11) is 0. The molecule has 26 heavy (non-hydrogen) atoms. The first-order chi connectivity index (χ1) is 12.8. The van der Waals surface area contributed by atoms with Gasteiger partial charge in [-0.15, -0.1) is 0 Å². The Bertz CT molecular complexity index is 910. The fraction of sp³-hybridized carbons (Fsp3) is 0.316. The molecule has 0 N–H and O–H groups in total. The van der Waals surface area contributed by atoms with Gasteiger partial charge >= 0.3 is 0 Å². The van der Waals surface area contributed by atoms with Crippen LogP contribution in [0.2, 0.25) is 0 Å². The first kappa shape index (κ1) is 16.7. The Morgan fingerprint density at radius 2 is 2.08 bits per heavy atom. The average Bonchev–Trinajstić information content (AvgIpc) is 2.69. The summed E-state index contributed by atoms with van der Waals surface area (Å²) in [6.45, 7) is 3.39. The van der Waals surface area contributed by atoms with Crippen molar-refractivity contribution in [2.75, 3.05) is 32.8 Å².